The lowest BCUT2D eigenvalue weighted by atomic mass is 10.00. The molecular formula is C21H24F3N7O. The molecule has 1 amide bonds. The van der Waals surface area contributed by atoms with Crippen LogP contribution in [-0.4, -0.2) is 56.3 Å². The van der Waals surface area contributed by atoms with Crippen LogP contribution in [-0.2, 0) is 6.18 Å². The second-order valence-corrected chi connectivity index (χ2v) is 7.95. The molecular weight excluding hydrogens is 423 g/mol. The van der Waals surface area contributed by atoms with Crippen LogP contribution in [0, 0.1) is 6.92 Å². The molecule has 0 bridgehead atoms. The van der Waals surface area contributed by atoms with Crippen molar-refractivity contribution in [1.29, 1.82) is 0 Å². The number of likely N-dealkylation sites (N-methyl/N-ethyl adjacent to an activating group) is 1. The Kier molecular flexibility index (Phi) is 5.76. The summed E-state index contributed by atoms with van der Waals surface area (Å²) in [7, 11) is 0. The molecule has 1 saturated heterocycles. The molecule has 8 nitrogen and oxygen atoms in total. The van der Waals surface area contributed by atoms with E-state index in [4.69, 9.17) is 5.73 Å². The average molecular weight is 447 g/mol. The highest BCUT2D eigenvalue weighted by Crippen LogP contribution is 2.34. The number of likely N-dealkylation sites (tertiary alicyclic amines) is 1. The number of primary amides is 1. The summed E-state index contributed by atoms with van der Waals surface area (Å²) >= 11 is 0. The molecule has 1 aliphatic heterocycles. The van der Waals surface area contributed by atoms with Crippen LogP contribution in [0.4, 0.5) is 19.1 Å². The third-order valence-corrected chi connectivity index (χ3v) is 5.67. The Hall–Kier alpha value is -3.21. The Morgan fingerprint density at radius 1 is 1.28 bits per heavy atom. The van der Waals surface area contributed by atoms with E-state index in [1.807, 2.05) is 0 Å². The third-order valence-electron chi connectivity index (χ3n) is 5.67. The summed E-state index contributed by atoms with van der Waals surface area (Å²) in [5.74, 6) is -0.543. The summed E-state index contributed by atoms with van der Waals surface area (Å²) in [6.07, 6.45) is -2.56. The van der Waals surface area contributed by atoms with Gasteiger partial charge in [0.25, 0.3) is 0 Å². The van der Waals surface area contributed by atoms with Crippen molar-refractivity contribution >= 4 is 17.4 Å². The maximum Gasteiger partial charge on any atom is 0.416 e. The molecule has 0 spiro atoms. The summed E-state index contributed by atoms with van der Waals surface area (Å²) < 4.78 is 41.0. The SMILES string of the molecule is CCN1CCCC(Nc2nnc(-c3ccc(C(F)(F)F)cc3C(N)=O)c3cc(C)nn23)C1. The van der Waals surface area contributed by atoms with E-state index in [-0.39, 0.29) is 22.9 Å². The maximum absolute atomic E-state index is 13.1. The predicted molar refractivity (Wildman–Crippen MR) is 113 cm³/mol. The van der Waals surface area contributed by atoms with Crippen molar-refractivity contribution < 1.29 is 18.0 Å². The number of fused-ring (bicyclic) bond motifs is 1. The second kappa shape index (κ2) is 8.38. The fraction of sp³-hybridized carbons (Fsp3) is 0.429. The van der Waals surface area contributed by atoms with Crippen molar-refractivity contribution in [2.45, 2.75) is 38.9 Å². The molecule has 1 aromatic carbocycles. The van der Waals surface area contributed by atoms with Crippen LogP contribution in [0.2, 0.25) is 0 Å². The number of rotatable bonds is 5. The van der Waals surface area contributed by atoms with Crippen molar-refractivity contribution in [2.75, 3.05) is 25.0 Å². The lowest BCUT2D eigenvalue weighted by molar-refractivity contribution is -0.137. The Morgan fingerprint density at radius 3 is 2.75 bits per heavy atom. The highest BCUT2D eigenvalue weighted by atomic mass is 19.4. The van der Waals surface area contributed by atoms with Gasteiger partial charge in [0.1, 0.15) is 5.69 Å². The van der Waals surface area contributed by atoms with Crippen LogP contribution in [0.3, 0.4) is 0 Å². The Morgan fingerprint density at radius 2 is 2.06 bits per heavy atom. The highest BCUT2D eigenvalue weighted by Gasteiger charge is 2.32. The van der Waals surface area contributed by atoms with Gasteiger partial charge in [-0.2, -0.15) is 22.8 Å². The van der Waals surface area contributed by atoms with Gasteiger partial charge in [-0.1, -0.05) is 13.0 Å². The zero-order valence-corrected chi connectivity index (χ0v) is 17.8. The standard InChI is InChI=1S/C21H24F3N7O/c1-3-30-8-4-5-14(11-30)26-20-28-27-18(17-9-12(2)29-31(17)20)15-7-6-13(21(22,23)24)10-16(15)19(25)32/h6-7,9-10,14H,3-5,8,11H2,1-2H3,(H2,25,32)(H,26,28). The topological polar surface area (TPSA) is 101 Å². The van der Waals surface area contributed by atoms with Crippen molar-refractivity contribution in [2.24, 2.45) is 5.73 Å². The molecule has 3 aromatic rings. The van der Waals surface area contributed by atoms with E-state index in [9.17, 15) is 18.0 Å². The molecule has 3 N–H and O–H groups in total. The molecule has 170 valence electrons. The van der Waals surface area contributed by atoms with Gasteiger partial charge in [-0.25, -0.2) is 0 Å². The smallest absolute Gasteiger partial charge is 0.366 e. The van der Waals surface area contributed by atoms with Gasteiger partial charge in [0.15, 0.2) is 0 Å². The number of nitrogens with one attached hydrogen (secondary N) is 1. The molecule has 3 heterocycles. The zero-order valence-electron chi connectivity index (χ0n) is 17.8. The van der Waals surface area contributed by atoms with Gasteiger partial charge in [0.05, 0.1) is 16.8 Å². The van der Waals surface area contributed by atoms with E-state index in [1.54, 1.807) is 17.5 Å². The number of alkyl halides is 3. The van der Waals surface area contributed by atoms with Gasteiger partial charge in [-0.3, -0.25) is 4.79 Å². The number of carbonyl (C=O) groups excluding carboxylic acids is 1. The maximum atomic E-state index is 13.1. The highest BCUT2D eigenvalue weighted by molar-refractivity contribution is 6.01. The molecule has 1 fully saturated rings. The summed E-state index contributed by atoms with van der Waals surface area (Å²) in [6, 6.07) is 4.76. The van der Waals surface area contributed by atoms with Crippen molar-refractivity contribution in [3.05, 3.63) is 41.1 Å². The van der Waals surface area contributed by atoms with Crippen LogP contribution < -0.4 is 11.1 Å². The molecule has 0 saturated carbocycles. The number of aromatic nitrogens is 4. The number of aryl methyl sites for hydroxylation is 1. The van der Waals surface area contributed by atoms with E-state index in [0.29, 0.717) is 17.2 Å². The molecule has 11 heteroatoms. The molecule has 1 atom stereocenters. The largest absolute Gasteiger partial charge is 0.416 e. The van der Waals surface area contributed by atoms with Gasteiger partial charge >= 0.3 is 6.18 Å². The second-order valence-electron chi connectivity index (χ2n) is 7.95. The molecule has 4 rings (SSSR count). The first-order valence-corrected chi connectivity index (χ1v) is 10.4. The van der Waals surface area contributed by atoms with Crippen molar-refractivity contribution in [1.82, 2.24) is 24.7 Å². The van der Waals surface area contributed by atoms with E-state index in [1.165, 1.54) is 6.07 Å². The van der Waals surface area contributed by atoms with E-state index >= 15 is 0 Å². The van der Waals surface area contributed by atoms with Gasteiger partial charge in [-0.15, -0.1) is 10.2 Å². The molecule has 2 aromatic heterocycles. The van der Waals surface area contributed by atoms with E-state index in [0.717, 1.165) is 44.6 Å². The first-order chi connectivity index (χ1) is 15.2. The number of amides is 1. The minimum Gasteiger partial charge on any atom is -0.366 e. The molecule has 0 aliphatic carbocycles. The number of benzene rings is 1. The van der Waals surface area contributed by atoms with Gasteiger partial charge in [0.2, 0.25) is 11.9 Å². The van der Waals surface area contributed by atoms with E-state index in [2.05, 4.69) is 32.4 Å². The normalized spacial score (nSPS) is 17.6. The lowest BCUT2D eigenvalue weighted by Crippen LogP contribution is -2.42. The average Bonchev–Trinajstić information content (AvgIpc) is 3.15. The van der Waals surface area contributed by atoms with Crippen LogP contribution in [0.5, 0.6) is 0 Å². The Labute approximate surface area is 182 Å². The third kappa shape index (κ3) is 4.24. The quantitative estimate of drug-likeness (QED) is 0.623. The minimum absolute atomic E-state index is 0.170. The summed E-state index contributed by atoms with van der Waals surface area (Å²) in [5.41, 5.74) is 5.76. The number of hydrogen-bond donors (Lipinski definition) is 2. The van der Waals surface area contributed by atoms with Crippen molar-refractivity contribution in [3.8, 4) is 11.3 Å². The predicted octanol–water partition coefficient (Wildman–Crippen LogP) is 3.11. The van der Waals surface area contributed by atoms with Gasteiger partial charge in [-0.05, 0) is 51.1 Å². The number of piperidine rings is 1. The van der Waals surface area contributed by atoms with Crippen LogP contribution in [0.15, 0.2) is 24.3 Å². The number of nitrogens with two attached hydrogens (primary N) is 1. The van der Waals surface area contributed by atoms with Crippen LogP contribution in [0.1, 0.15) is 41.4 Å². The molecule has 32 heavy (non-hydrogen) atoms. The lowest BCUT2D eigenvalue weighted by Gasteiger charge is -2.32. The van der Waals surface area contributed by atoms with Crippen molar-refractivity contribution in [3.63, 3.8) is 0 Å². The molecule has 1 unspecified atom stereocenters. The fourth-order valence-corrected chi connectivity index (χ4v) is 4.08. The summed E-state index contributed by atoms with van der Waals surface area (Å²) in [4.78, 5) is 14.3. The number of nitrogens with zero attached hydrogens (tertiary/aromatic N) is 5. The van der Waals surface area contributed by atoms with Gasteiger partial charge < -0.3 is 16.0 Å². The van der Waals surface area contributed by atoms with E-state index < -0.39 is 17.6 Å². The fourth-order valence-electron chi connectivity index (χ4n) is 4.08. The van der Waals surface area contributed by atoms with Crippen LogP contribution in [0.25, 0.3) is 16.8 Å². The van der Waals surface area contributed by atoms with Crippen LogP contribution >= 0.6 is 0 Å². The number of anilines is 1. The number of carbonyl (C=O) groups is 1. The summed E-state index contributed by atoms with van der Waals surface area (Å²) in [5, 5.41) is 16.4. The number of hydrogen-bond acceptors (Lipinski definition) is 6. The molecule has 0 radical (unpaired) electrons. The minimum atomic E-state index is -4.60. The Bertz CT molecular complexity index is 1160. The molecule has 1 aliphatic rings. The first-order valence-electron chi connectivity index (χ1n) is 10.4. The monoisotopic (exact) mass is 447 g/mol. The van der Waals surface area contributed by atoms with Gasteiger partial charge in [0, 0.05) is 23.7 Å². The Balaban J connectivity index is 1.77. The number of halogens is 3. The zero-order chi connectivity index (χ0) is 23.0. The summed E-state index contributed by atoms with van der Waals surface area (Å²) in [6.45, 7) is 6.79. The first kappa shape index (κ1) is 22.0.